The molecule has 0 saturated heterocycles. The van der Waals surface area contributed by atoms with Crippen LogP contribution in [-0.4, -0.2) is 0 Å². The lowest BCUT2D eigenvalue weighted by atomic mass is 9.66. The second-order valence-electron chi connectivity index (χ2n) is 5.05. The molecule has 1 saturated carbocycles. The molecule has 0 aromatic carbocycles. The highest BCUT2D eigenvalue weighted by molar-refractivity contribution is 5.32. The molecule has 1 fully saturated rings. The molecule has 0 spiro atoms. The molecule has 0 aromatic heterocycles. The number of nitriles is 1. The third-order valence-corrected chi connectivity index (χ3v) is 4.26. The van der Waals surface area contributed by atoms with Gasteiger partial charge in [-0.05, 0) is 24.3 Å². The molecule has 2 atom stereocenters. The molecular formula is C15H19N. The van der Waals surface area contributed by atoms with Crippen molar-refractivity contribution in [2.24, 2.45) is 17.3 Å². The highest BCUT2D eigenvalue weighted by atomic mass is 14.5. The summed E-state index contributed by atoms with van der Waals surface area (Å²) >= 11 is 0. The van der Waals surface area contributed by atoms with Crippen molar-refractivity contribution < 1.29 is 0 Å². The molecule has 16 heavy (non-hydrogen) atoms. The monoisotopic (exact) mass is 213 g/mol. The van der Waals surface area contributed by atoms with Crippen molar-refractivity contribution in [1.82, 2.24) is 0 Å². The van der Waals surface area contributed by atoms with Crippen molar-refractivity contribution in [3.63, 3.8) is 0 Å². The van der Waals surface area contributed by atoms with Gasteiger partial charge in [0.25, 0.3) is 0 Å². The number of hydrogen-bond acceptors (Lipinski definition) is 1. The molecule has 0 heterocycles. The van der Waals surface area contributed by atoms with E-state index in [1.807, 2.05) is 6.08 Å². The Bertz CT molecular complexity index is 375. The summed E-state index contributed by atoms with van der Waals surface area (Å²) in [5.41, 5.74) is 1.16. The second-order valence-corrected chi connectivity index (χ2v) is 5.05. The molecule has 1 heteroatoms. The van der Waals surface area contributed by atoms with E-state index in [2.05, 4.69) is 37.8 Å². The van der Waals surface area contributed by atoms with Crippen molar-refractivity contribution in [1.29, 1.82) is 5.26 Å². The first-order valence-corrected chi connectivity index (χ1v) is 6.15. The largest absolute Gasteiger partial charge is 0.198 e. The molecule has 2 aliphatic rings. The van der Waals surface area contributed by atoms with Gasteiger partial charge in [0.2, 0.25) is 0 Å². The van der Waals surface area contributed by atoms with Crippen LogP contribution in [0.1, 0.15) is 32.6 Å². The van der Waals surface area contributed by atoms with E-state index in [1.165, 1.54) is 18.4 Å². The van der Waals surface area contributed by atoms with E-state index < -0.39 is 0 Å². The minimum absolute atomic E-state index is 0.113. The Morgan fingerprint density at radius 2 is 2.19 bits per heavy atom. The minimum Gasteiger partial charge on any atom is -0.198 e. The quantitative estimate of drug-likeness (QED) is 0.680. The fourth-order valence-corrected chi connectivity index (χ4v) is 3.25. The molecule has 2 rings (SSSR count). The Labute approximate surface area is 98.2 Å². The van der Waals surface area contributed by atoms with Gasteiger partial charge in [-0.2, -0.15) is 5.26 Å². The maximum absolute atomic E-state index is 9.52. The van der Waals surface area contributed by atoms with Gasteiger partial charge in [0.05, 0.1) is 11.5 Å². The van der Waals surface area contributed by atoms with Gasteiger partial charge in [0, 0.05) is 5.92 Å². The molecule has 1 nitrogen and oxygen atoms in total. The smallest absolute Gasteiger partial charge is 0.0696 e. The zero-order valence-corrected chi connectivity index (χ0v) is 9.95. The molecule has 0 amide bonds. The van der Waals surface area contributed by atoms with Gasteiger partial charge >= 0.3 is 0 Å². The average Bonchev–Trinajstić information content (AvgIpc) is 2.79. The first kappa shape index (κ1) is 11.2. The Kier molecular flexibility index (Phi) is 3.01. The van der Waals surface area contributed by atoms with Crippen LogP contribution in [0, 0.1) is 28.6 Å². The highest BCUT2D eigenvalue weighted by Crippen LogP contribution is 2.49. The molecule has 84 valence electrons. The van der Waals surface area contributed by atoms with Crippen LogP contribution in [0.15, 0.2) is 36.5 Å². The lowest BCUT2D eigenvalue weighted by molar-refractivity contribution is 0.243. The first-order chi connectivity index (χ1) is 7.73. The van der Waals surface area contributed by atoms with Crippen molar-refractivity contribution >= 4 is 0 Å². The van der Waals surface area contributed by atoms with Gasteiger partial charge in [0.1, 0.15) is 0 Å². The molecular weight excluding hydrogens is 194 g/mol. The molecule has 0 aromatic rings. The van der Waals surface area contributed by atoms with Crippen LogP contribution in [0.2, 0.25) is 0 Å². The lowest BCUT2D eigenvalue weighted by Gasteiger charge is -2.36. The number of hydrogen-bond donors (Lipinski definition) is 0. The zero-order chi connectivity index (χ0) is 11.6. The maximum Gasteiger partial charge on any atom is 0.0696 e. The normalized spacial score (nSPS) is 31.9. The Hall–Kier alpha value is -1.29. The predicted molar refractivity (Wildman–Crippen MR) is 66.6 cm³/mol. The second kappa shape index (κ2) is 4.29. The minimum atomic E-state index is -0.113. The summed E-state index contributed by atoms with van der Waals surface area (Å²) in [6.07, 6.45) is 12.9. The number of rotatable bonds is 2. The van der Waals surface area contributed by atoms with Gasteiger partial charge in [-0.3, -0.25) is 0 Å². The Morgan fingerprint density at radius 3 is 2.75 bits per heavy atom. The summed E-state index contributed by atoms with van der Waals surface area (Å²) in [5.74, 6) is 0.804. The zero-order valence-electron chi connectivity index (χ0n) is 9.95. The summed E-state index contributed by atoms with van der Waals surface area (Å²) in [6.45, 7) is 6.08. The lowest BCUT2D eigenvalue weighted by Crippen LogP contribution is -2.31. The average molecular weight is 213 g/mol. The first-order valence-electron chi connectivity index (χ1n) is 6.15. The van der Waals surface area contributed by atoms with E-state index in [9.17, 15) is 5.26 Å². The van der Waals surface area contributed by atoms with E-state index >= 15 is 0 Å². The van der Waals surface area contributed by atoms with Gasteiger partial charge in [0.15, 0.2) is 0 Å². The number of allylic oxidation sites excluding steroid dienone is 5. The van der Waals surface area contributed by atoms with Crippen LogP contribution < -0.4 is 0 Å². The molecule has 2 unspecified atom stereocenters. The van der Waals surface area contributed by atoms with Crippen molar-refractivity contribution in [3.8, 4) is 6.07 Å². The molecule has 0 aliphatic heterocycles. The van der Waals surface area contributed by atoms with Crippen LogP contribution in [0.25, 0.3) is 0 Å². The Balaban J connectivity index is 2.29. The van der Waals surface area contributed by atoms with Crippen LogP contribution in [0.3, 0.4) is 0 Å². The number of nitrogens with zero attached hydrogens (tertiary/aromatic N) is 1. The van der Waals surface area contributed by atoms with E-state index in [1.54, 1.807) is 0 Å². The van der Waals surface area contributed by atoms with Crippen LogP contribution >= 0.6 is 0 Å². The summed E-state index contributed by atoms with van der Waals surface area (Å²) in [5, 5.41) is 9.52. The van der Waals surface area contributed by atoms with Gasteiger partial charge in [-0.1, -0.05) is 50.6 Å². The van der Waals surface area contributed by atoms with Gasteiger partial charge in [-0.25, -0.2) is 0 Å². The standard InChI is InChI=1S/C15H19N/c1-3-13-7-6-8-14(12(13)2)15(11-16)9-4-5-10-15/h3,6-8,12,14H,1,4-5,9-10H2,2H3. The fourth-order valence-electron chi connectivity index (χ4n) is 3.25. The molecule has 0 N–H and O–H groups in total. The summed E-state index contributed by atoms with van der Waals surface area (Å²) in [6, 6.07) is 2.61. The maximum atomic E-state index is 9.52. The summed E-state index contributed by atoms with van der Waals surface area (Å²) < 4.78 is 0. The van der Waals surface area contributed by atoms with Crippen LogP contribution in [0.4, 0.5) is 0 Å². The molecule has 2 aliphatic carbocycles. The summed E-state index contributed by atoms with van der Waals surface area (Å²) in [4.78, 5) is 0. The third kappa shape index (κ3) is 1.63. The highest BCUT2D eigenvalue weighted by Gasteiger charge is 2.43. The third-order valence-electron chi connectivity index (χ3n) is 4.26. The molecule has 0 radical (unpaired) electrons. The SMILES string of the molecule is C=CC1=CC=CC(C2(C#N)CCCC2)C1C. The topological polar surface area (TPSA) is 23.8 Å². The van der Waals surface area contributed by atoms with E-state index in [-0.39, 0.29) is 5.41 Å². The van der Waals surface area contributed by atoms with Crippen molar-refractivity contribution in [3.05, 3.63) is 36.5 Å². The van der Waals surface area contributed by atoms with E-state index in [0.717, 1.165) is 12.8 Å². The predicted octanol–water partition coefficient (Wildman–Crippen LogP) is 4.00. The van der Waals surface area contributed by atoms with E-state index in [0.29, 0.717) is 11.8 Å². The van der Waals surface area contributed by atoms with Crippen LogP contribution in [-0.2, 0) is 0 Å². The van der Waals surface area contributed by atoms with E-state index in [4.69, 9.17) is 0 Å². The van der Waals surface area contributed by atoms with Gasteiger partial charge < -0.3 is 0 Å². The molecule has 0 bridgehead atoms. The Morgan fingerprint density at radius 1 is 1.50 bits per heavy atom. The van der Waals surface area contributed by atoms with Crippen LogP contribution in [0.5, 0.6) is 0 Å². The van der Waals surface area contributed by atoms with Crippen molar-refractivity contribution in [2.75, 3.05) is 0 Å². The van der Waals surface area contributed by atoms with Gasteiger partial charge in [-0.15, -0.1) is 0 Å². The summed E-state index contributed by atoms with van der Waals surface area (Å²) in [7, 11) is 0. The van der Waals surface area contributed by atoms with Crippen molar-refractivity contribution in [2.45, 2.75) is 32.6 Å². The fraction of sp³-hybridized carbons (Fsp3) is 0.533.